The fraction of sp³-hybridized carbons (Fsp3) is 0.300. The molecule has 0 radical (unpaired) electrons. The third-order valence-electron chi connectivity index (χ3n) is 2.58. The number of rotatable bonds is 1. The summed E-state index contributed by atoms with van der Waals surface area (Å²) >= 11 is 9.39. The molecule has 0 aliphatic carbocycles. The zero-order valence-corrected chi connectivity index (χ0v) is 10.6. The number of guanidine groups is 1. The molecule has 0 fully saturated rings. The highest BCUT2D eigenvalue weighted by Crippen LogP contribution is 2.31. The first kappa shape index (κ1) is 10.8. The van der Waals surface area contributed by atoms with Gasteiger partial charge >= 0.3 is 0 Å². The van der Waals surface area contributed by atoms with Crippen LogP contribution in [0.25, 0.3) is 0 Å². The first-order valence-corrected chi connectivity index (χ1v) is 5.74. The van der Waals surface area contributed by atoms with Crippen molar-refractivity contribution < 1.29 is 0 Å². The van der Waals surface area contributed by atoms with E-state index in [1.807, 2.05) is 30.1 Å². The van der Waals surface area contributed by atoms with Crippen LogP contribution in [0.3, 0.4) is 0 Å². The van der Waals surface area contributed by atoms with Crippen LogP contribution in [-0.2, 0) is 0 Å². The summed E-state index contributed by atoms with van der Waals surface area (Å²) in [5.74, 6) is 0.585. The van der Waals surface area contributed by atoms with Crippen LogP contribution in [0, 0.1) is 0 Å². The molecule has 0 saturated carbocycles. The predicted octanol–water partition coefficient (Wildman–Crippen LogP) is 2.40. The van der Waals surface area contributed by atoms with Crippen molar-refractivity contribution in [1.29, 1.82) is 0 Å². The Bertz CT molecular complexity index is 419. The van der Waals surface area contributed by atoms with Gasteiger partial charge in [-0.2, -0.15) is 0 Å². The van der Waals surface area contributed by atoms with Gasteiger partial charge in [-0.05, 0) is 17.7 Å². The Balaban J connectivity index is 2.32. The second-order valence-corrected chi connectivity index (χ2v) is 4.78. The average Bonchev–Trinajstić information content (AvgIpc) is 2.49. The van der Waals surface area contributed by atoms with Gasteiger partial charge in [-0.15, -0.1) is 0 Å². The van der Waals surface area contributed by atoms with Crippen LogP contribution in [0.1, 0.15) is 11.6 Å². The predicted molar refractivity (Wildman–Crippen MR) is 66.1 cm³/mol. The maximum absolute atomic E-state index is 5.89. The summed E-state index contributed by atoms with van der Waals surface area (Å²) in [5, 5.41) is 0.722. The molecule has 1 aromatic carbocycles. The molecule has 2 N–H and O–H groups in total. The van der Waals surface area contributed by atoms with E-state index in [-0.39, 0.29) is 6.04 Å². The van der Waals surface area contributed by atoms with E-state index >= 15 is 0 Å². The van der Waals surface area contributed by atoms with Crippen molar-refractivity contribution >= 4 is 33.5 Å². The third kappa shape index (κ3) is 1.96. The van der Waals surface area contributed by atoms with Crippen molar-refractivity contribution in [1.82, 2.24) is 4.90 Å². The minimum Gasteiger partial charge on any atom is -0.370 e. The lowest BCUT2D eigenvalue weighted by molar-refractivity contribution is 0.413. The Morgan fingerprint density at radius 2 is 2.33 bits per heavy atom. The second-order valence-electron chi connectivity index (χ2n) is 3.49. The van der Waals surface area contributed by atoms with Crippen LogP contribution in [-0.4, -0.2) is 24.5 Å². The SMILES string of the molecule is CN1C(N)=NCC1c1ccc(Cl)cc1Br. The fourth-order valence-corrected chi connectivity index (χ4v) is 2.60. The number of aliphatic imine (C=N–C) groups is 1. The molecule has 1 aliphatic rings. The Morgan fingerprint density at radius 3 is 2.87 bits per heavy atom. The highest BCUT2D eigenvalue weighted by Gasteiger charge is 2.25. The molecular weight excluding hydrogens is 277 g/mol. The summed E-state index contributed by atoms with van der Waals surface area (Å²) in [5.41, 5.74) is 6.88. The summed E-state index contributed by atoms with van der Waals surface area (Å²) in [4.78, 5) is 6.17. The van der Waals surface area contributed by atoms with Gasteiger partial charge in [0.15, 0.2) is 5.96 Å². The van der Waals surface area contributed by atoms with Crippen molar-refractivity contribution in [3.8, 4) is 0 Å². The lowest BCUT2D eigenvalue weighted by Crippen LogP contribution is -2.32. The van der Waals surface area contributed by atoms with Gasteiger partial charge in [-0.1, -0.05) is 33.6 Å². The first-order valence-electron chi connectivity index (χ1n) is 4.57. The highest BCUT2D eigenvalue weighted by molar-refractivity contribution is 9.10. The normalized spacial score (nSPS) is 20.6. The summed E-state index contributed by atoms with van der Waals surface area (Å²) in [6.45, 7) is 0.697. The molecule has 3 nitrogen and oxygen atoms in total. The Kier molecular flexibility index (Phi) is 2.89. The molecule has 2 rings (SSSR count). The van der Waals surface area contributed by atoms with Crippen molar-refractivity contribution in [2.24, 2.45) is 10.7 Å². The minimum atomic E-state index is 0.205. The standard InChI is InChI=1S/C10H11BrClN3/c1-15-9(5-14-10(15)13)7-3-2-6(12)4-8(7)11/h2-4,9H,5H2,1H3,(H2,13,14). The van der Waals surface area contributed by atoms with E-state index in [0.717, 1.165) is 15.1 Å². The van der Waals surface area contributed by atoms with Gasteiger partial charge in [0.1, 0.15) is 0 Å². The average molecular weight is 289 g/mol. The molecule has 0 spiro atoms. The lowest BCUT2D eigenvalue weighted by Gasteiger charge is -2.22. The van der Waals surface area contributed by atoms with Gasteiger partial charge in [-0.3, -0.25) is 4.99 Å². The summed E-state index contributed by atoms with van der Waals surface area (Å²) in [6.07, 6.45) is 0. The number of likely N-dealkylation sites (N-methyl/N-ethyl adjacent to an activating group) is 1. The van der Waals surface area contributed by atoms with E-state index in [2.05, 4.69) is 20.9 Å². The number of hydrogen-bond donors (Lipinski definition) is 1. The number of halogens is 2. The van der Waals surface area contributed by atoms with Gasteiger partial charge in [0.25, 0.3) is 0 Å². The Labute approximate surface area is 102 Å². The van der Waals surface area contributed by atoms with E-state index in [9.17, 15) is 0 Å². The first-order chi connectivity index (χ1) is 7.09. The highest BCUT2D eigenvalue weighted by atomic mass is 79.9. The lowest BCUT2D eigenvalue weighted by atomic mass is 10.1. The van der Waals surface area contributed by atoms with Crippen molar-refractivity contribution in [3.05, 3.63) is 33.3 Å². The summed E-state index contributed by atoms with van der Waals surface area (Å²) < 4.78 is 0.997. The molecule has 0 aromatic heterocycles. The molecule has 1 aliphatic heterocycles. The van der Waals surface area contributed by atoms with Crippen molar-refractivity contribution in [3.63, 3.8) is 0 Å². The van der Waals surface area contributed by atoms with Crippen LogP contribution < -0.4 is 5.73 Å². The van der Waals surface area contributed by atoms with Crippen molar-refractivity contribution in [2.75, 3.05) is 13.6 Å². The van der Waals surface area contributed by atoms with E-state index in [4.69, 9.17) is 17.3 Å². The van der Waals surface area contributed by atoms with Gasteiger partial charge in [0, 0.05) is 16.5 Å². The van der Waals surface area contributed by atoms with E-state index < -0.39 is 0 Å². The fourth-order valence-electron chi connectivity index (χ4n) is 1.65. The Morgan fingerprint density at radius 1 is 1.60 bits per heavy atom. The molecule has 1 aromatic rings. The van der Waals surface area contributed by atoms with Crippen LogP contribution in [0.2, 0.25) is 5.02 Å². The number of nitrogens with two attached hydrogens (primary N) is 1. The maximum atomic E-state index is 5.89. The maximum Gasteiger partial charge on any atom is 0.191 e. The van der Waals surface area contributed by atoms with E-state index in [1.54, 1.807) is 0 Å². The number of hydrogen-bond acceptors (Lipinski definition) is 3. The molecule has 80 valence electrons. The molecule has 0 saturated heterocycles. The van der Waals surface area contributed by atoms with Crippen LogP contribution >= 0.6 is 27.5 Å². The number of nitrogens with zero attached hydrogens (tertiary/aromatic N) is 2. The molecule has 1 heterocycles. The smallest absolute Gasteiger partial charge is 0.191 e. The molecule has 0 amide bonds. The topological polar surface area (TPSA) is 41.6 Å². The summed E-state index contributed by atoms with van der Waals surface area (Å²) in [6, 6.07) is 5.97. The van der Waals surface area contributed by atoms with Crippen LogP contribution in [0.4, 0.5) is 0 Å². The molecule has 1 atom stereocenters. The quantitative estimate of drug-likeness (QED) is 0.862. The molecule has 15 heavy (non-hydrogen) atoms. The van der Waals surface area contributed by atoms with E-state index in [1.165, 1.54) is 0 Å². The molecule has 0 bridgehead atoms. The monoisotopic (exact) mass is 287 g/mol. The third-order valence-corrected chi connectivity index (χ3v) is 3.50. The summed E-state index contributed by atoms with van der Waals surface area (Å²) in [7, 11) is 1.94. The molecule has 1 unspecified atom stereocenters. The van der Waals surface area contributed by atoms with Crippen LogP contribution in [0.15, 0.2) is 27.7 Å². The van der Waals surface area contributed by atoms with Crippen molar-refractivity contribution in [2.45, 2.75) is 6.04 Å². The zero-order chi connectivity index (χ0) is 11.0. The molecular formula is C10H11BrClN3. The van der Waals surface area contributed by atoms with Gasteiger partial charge in [0.2, 0.25) is 0 Å². The minimum absolute atomic E-state index is 0.205. The Hall–Kier alpha value is -0.740. The number of benzene rings is 1. The van der Waals surface area contributed by atoms with Gasteiger partial charge in [0.05, 0.1) is 12.6 Å². The van der Waals surface area contributed by atoms with Gasteiger partial charge < -0.3 is 10.6 Å². The zero-order valence-electron chi connectivity index (χ0n) is 8.24. The van der Waals surface area contributed by atoms with E-state index in [0.29, 0.717) is 12.5 Å². The largest absolute Gasteiger partial charge is 0.370 e. The van der Waals surface area contributed by atoms with Gasteiger partial charge in [-0.25, -0.2) is 0 Å². The second kappa shape index (κ2) is 4.02. The molecule has 5 heteroatoms. The van der Waals surface area contributed by atoms with Crippen LogP contribution in [0.5, 0.6) is 0 Å².